The van der Waals surface area contributed by atoms with Gasteiger partial charge in [-0.25, -0.2) is 0 Å². The monoisotopic (exact) mass is 770 g/mol. The van der Waals surface area contributed by atoms with Crippen molar-refractivity contribution in [2.45, 2.75) is 92.9 Å². The van der Waals surface area contributed by atoms with Crippen LogP contribution < -0.4 is 4.90 Å². The van der Waals surface area contributed by atoms with Crippen molar-refractivity contribution in [2.24, 2.45) is 10.8 Å². The Morgan fingerprint density at radius 1 is 0.517 bits per heavy atom. The lowest BCUT2D eigenvalue weighted by atomic mass is 9.72. The molecular weight excluding hydrogens is 717 g/mol. The van der Waals surface area contributed by atoms with Crippen LogP contribution in [0.25, 0.3) is 43.1 Å². The summed E-state index contributed by atoms with van der Waals surface area (Å²) in [5.74, 6) is -2.40. The summed E-state index contributed by atoms with van der Waals surface area (Å²) in [6.45, 7) is 22.5. The number of carbonyl (C=O) groups excluding carboxylic acids is 2. The Kier molecular flexibility index (Phi) is 9.04. The van der Waals surface area contributed by atoms with Gasteiger partial charge in [0.15, 0.2) is 0 Å². The second-order valence-corrected chi connectivity index (χ2v) is 20.2. The van der Waals surface area contributed by atoms with E-state index in [1.54, 1.807) is 12.1 Å². The molecule has 2 amide bonds. The SMILES string of the molecule is CC(C)(C)CC(C)(C)c1ccc(N(c2ccc(C(C)(C)CC(C)(C)C)cc2)c2ccc3c4ccc5c6c(ccc(c7cccc2c73)c64)C(=O)N(CC(=O)O)C5=O)cc1. The van der Waals surface area contributed by atoms with Crippen molar-refractivity contribution in [2.75, 3.05) is 11.4 Å². The first kappa shape index (κ1) is 39.1. The summed E-state index contributed by atoms with van der Waals surface area (Å²) in [6.07, 6.45) is 2.12. The Labute approximate surface area is 341 Å². The molecule has 0 radical (unpaired) electrons. The van der Waals surface area contributed by atoms with Gasteiger partial charge >= 0.3 is 5.97 Å². The molecule has 296 valence electrons. The number of benzene rings is 7. The highest BCUT2D eigenvalue weighted by Crippen LogP contribution is 2.48. The molecule has 1 aliphatic heterocycles. The Morgan fingerprint density at radius 2 is 0.931 bits per heavy atom. The molecule has 7 aromatic rings. The van der Waals surface area contributed by atoms with Crippen LogP contribution in [0.5, 0.6) is 0 Å². The van der Waals surface area contributed by atoms with Crippen LogP contribution in [0.2, 0.25) is 0 Å². The zero-order valence-corrected chi connectivity index (χ0v) is 35.5. The molecule has 58 heavy (non-hydrogen) atoms. The topological polar surface area (TPSA) is 77.9 Å². The number of hydrogen-bond acceptors (Lipinski definition) is 4. The smallest absolute Gasteiger partial charge is 0.323 e. The standard InChI is InChI=1S/C52H54N2O4/c1-49(2,3)29-51(7,8)31-14-18-33(19-15-31)54(34-20-16-32(17-21-34)52(9,10)30-50(4,5)6)42-27-26-36-38-23-25-41-46-40(47(57)53(48(41)58)28-43(55)56)24-22-37(45(38)46)35-12-11-13-39(42)44(35)36/h11-27H,28-30H2,1-10H3,(H,55,56). The zero-order valence-electron chi connectivity index (χ0n) is 35.5. The maximum absolute atomic E-state index is 13.6. The summed E-state index contributed by atoms with van der Waals surface area (Å²) < 4.78 is 0. The number of carboxylic acids is 1. The molecule has 7 aromatic carbocycles. The van der Waals surface area contributed by atoms with E-state index in [0.717, 1.165) is 72.5 Å². The Balaban J connectivity index is 1.33. The van der Waals surface area contributed by atoms with Gasteiger partial charge in [0.25, 0.3) is 11.8 Å². The number of imide groups is 1. The van der Waals surface area contributed by atoms with Crippen LogP contribution in [-0.2, 0) is 15.6 Å². The van der Waals surface area contributed by atoms with Gasteiger partial charge in [0.05, 0.1) is 5.69 Å². The van der Waals surface area contributed by atoms with E-state index in [2.05, 4.69) is 153 Å². The highest BCUT2D eigenvalue weighted by Gasteiger charge is 2.36. The van der Waals surface area contributed by atoms with Gasteiger partial charge in [-0.05, 0) is 120 Å². The summed E-state index contributed by atoms with van der Waals surface area (Å²) in [7, 11) is 0. The van der Waals surface area contributed by atoms with E-state index in [4.69, 9.17) is 0 Å². The first-order valence-electron chi connectivity index (χ1n) is 20.4. The molecule has 0 saturated heterocycles. The molecule has 1 heterocycles. The predicted octanol–water partition coefficient (Wildman–Crippen LogP) is 13.3. The molecule has 0 spiro atoms. The number of aliphatic carboxylic acids is 1. The van der Waals surface area contributed by atoms with Crippen LogP contribution in [0.1, 0.15) is 114 Å². The summed E-state index contributed by atoms with van der Waals surface area (Å²) in [5, 5.41) is 17.1. The third-order valence-electron chi connectivity index (χ3n) is 12.0. The third-order valence-corrected chi connectivity index (χ3v) is 12.0. The van der Waals surface area contributed by atoms with Crippen molar-refractivity contribution in [1.82, 2.24) is 4.90 Å². The molecule has 1 N–H and O–H groups in total. The molecule has 0 unspecified atom stereocenters. The van der Waals surface area contributed by atoms with Crippen LogP contribution in [0.3, 0.4) is 0 Å². The summed E-state index contributed by atoms with van der Waals surface area (Å²) in [6, 6.07) is 36.4. The van der Waals surface area contributed by atoms with Crippen molar-refractivity contribution >= 4 is 77.9 Å². The molecule has 0 aliphatic carbocycles. The Hall–Kier alpha value is -5.75. The average Bonchev–Trinajstić information content (AvgIpc) is 3.13. The van der Waals surface area contributed by atoms with Gasteiger partial charge in [0.1, 0.15) is 6.54 Å². The van der Waals surface area contributed by atoms with Gasteiger partial charge in [-0.15, -0.1) is 0 Å². The van der Waals surface area contributed by atoms with Gasteiger partial charge in [0.2, 0.25) is 0 Å². The van der Waals surface area contributed by atoms with E-state index in [1.165, 1.54) is 11.1 Å². The van der Waals surface area contributed by atoms with Crippen LogP contribution >= 0.6 is 0 Å². The lowest BCUT2D eigenvalue weighted by Crippen LogP contribution is -2.43. The van der Waals surface area contributed by atoms with Crippen LogP contribution in [0.15, 0.2) is 103 Å². The largest absolute Gasteiger partial charge is 0.480 e. The van der Waals surface area contributed by atoms with Crippen LogP contribution in [0.4, 0.5) is 17.1 Å². The number of carbonyl (C=O) groups is 3. The molecular formula is C52H54N2O4. The van der Waals surface area contributed by atoms with Gasteiger partial charge in [-0.2, -0.15) is 0 Å². The first-order chi connectivity index (χ1) is 27.1. The summed E-state index contributed by atoms with van der Waals surface area (Å²) >= 11 is 0. The third kappa shape index (κ3) is 6.66. The highest BCUT2D eigenvalue weighted by molar-refractivity contribution is 6.39. The minimum Gasteiger partial charge on any atom is -0.480 e. The highest BCUT2D eigenvalue weighted by atomic mass is 16.4. The van der Waals surface area contributed by atoms with Gasteiger partial charge < -0.3 is 10.0 Å². The number of carboxylic acid groups (broad SMARTS) is 1. The summed E-state index contributed by atoms with van der Waals surface area (Å²) in [5.41, 5.74) is 6.86. The van der Waals surface area contributed by atoms with Gasteiger partial charge in [-0.1, -0.05) is 130 Å². The average molecular weight is 771 g/mol. The maximum atomic E-state index is 13.6. The second kappa shape index (κ2) is 13.4. The van der Waals surface area contributed by atoms with E-state index >= 15 is 0 Å². The number of amides is 2. The number of anilines is 3. The van der Waals surface area contributed by atoms with Gasteiger partial charge in [0, 0.05) is 33.3 Å². The van der Waals surface area contributed by atoms with Crippen LogP contribution in [-0.4, -0.2) is 34.3 Å². The summed E-state index contributed by atoms with van der Waals surface area (Å²) in [4.78, 5) is 42.1. The van der Waals surface area contributed by atoms with Crippen molar-refractivity contribution in [3.63, 3.8) is 0 Å². The fourth-order valence-corrected chi connectivity index (χ4v) is 10.4. The van der Waals surface area contributed by atoms with Crippen molar-refractivity contribution in [1.29, 1.82) is 0 Å². The molecule has 0 aromatic heterocycles. The zero-order chi connectivity index (χ0) is 41.7. The molecule has 6 nitrogen and oxygen atoms in total. The minimum atomic E-state index is -1.23. The molecule has 6 heteroatoms. The van der Waals surface area contributed by atoms with E-state index in [0.29, 0.717) is 16.5 Å². The molecule has 0 saturated carbocycles. The van der Waals surface area contributed by atoms with E-state index < -0.39 is 24.3 Å². The molecule has 0 atom stereocenters. The number of hydrogen-bond donors (Lipinski definition) is 1. The van der Waals surface area contributed by atoms with Crippen molar-refractivity contribution < 1.29 is 19.5 Å². The maximum Gasteiger partial charge on any atom is 0.323 e. The van der Waals surface area contributed by atoms with E-state index in [9.17, 15) is 19.5 Å². The molecule has 1 aliphatic rings. The fraction of sp³-hybridized carbons (Fsp3) is 0.327. The second-order valence-electron chi connectivity index (χ2n) is 20.2. The van der Waals surface area contributed by atoms with Crippen molar-refractivity contribution in [3.8, 4) is 0 Å². The molecule has 0 fully saturated rings. The predicted molar refractivity (Wildman–Crippen MR) is 240 cm³/mol. The van der Waals surface area contributed by atoms with E-state index in [1.807, 2.05) is 12.1 Å². The van der Waals surface area contributed by atoms with Crippen molar-refractivity contribution in [3.05, 3.63) is 125 Å². The van der Waals surface area contributed by atoms with Crippen LogP contribution in [0, 0.1) is 10.8 Å². The number of nitrogens with zero attached hydrogens (tertiary/aromatic N) is 2. The minimum absolute atomic E-state index is 0.000524. The Morgan fingerprint density at radius 3 is 1.38 bits per heavy atom. The normalized spacial score (nSPS) is 14.1. The quantitative estimate of drug-likeness (QED) is 0.0898. The lowest BCUT2D eigenvalue weighted by molar-refractivity contribution is -0.137. The molecule has 0 bridgehead atoms. The number of fused-ring (bicyclic) bond motifs is 2. The first-order valence-corrected chi connectivity index (χ1v) is 20.4. The fourth-order valence-electron chi connectivity index (χ4n) is 10.4. The number of rotatable bonds is 9. The Bertz CT molecular complexity index is 2640. The lowest BCUT2D eigenvalue weighted by Gasteiger charge is -2.34. The van der Waals surface area contributed by atoms with E-state index in [-0.39, 0.29) is 21.7 Å². The molecule has 8 rings (SSSR count). The van der Waals surface area contributed by atoms with Gasteiger partial charge in [-0.3, -0.25) is 19.3 Å².